The van der Waals surface area contributed by atoms with Crippen molar-refractivity contribution in [1.82, 2.24) is 19.5 Å². The molecule has 0 aliphatic carbocycles. The third-order valence-electron chi connectivity index (χ3n) is 5.68. The minimum atomic E-state index is -0.108. The normalized spacial score (nSPS) is 16.2. The van der Waals surface area contributed by atoms with Crippen molar-refractivity contribution >= 4 is 5.95 Å². The number of ether oxygens (including phenoxy) is 1. The zero-order chi connectivity index (χ0) is 21.9. The molecule has 32 heavy (non-hydrogen) atoms. The van der Waals surface area contributed by atoms with Crippen LogP contribution in [-0.2, 0) is 11.8 Å². The Morgan fingerprint density at radius 2 is 1.72 bits per heavy atom. The molecule has 3 aromatic heterocycles. The fourth-order valence-corrected chi connectivity index (χ4v) is 3.92. The summed E-state index contributed by atoms with van der Waals surface area (Å²) in [5, 5.41) is 0. The van der Waals surface area contributed by atoms with Crippen molar-refractivity contribution in [2.75, 3.05) is 24.6 Å². The summed E-state index contributed by atoms with van der Waals surface area (Å²) in [4.78, 5) is 28.0. The molecule has 1 fully saturated rings. The molecule has 0 N–H and O–H groups in total. The highest BCUT2D eigenvalue weighted by Crippen LogP contribution is 2.27. The van der Waals surface area contributed by atoms with Gasteiger partial charge in [-0.05, 0) is 29.8 Å². The number of hydrogen-bond donors (Lipinski definition) is 0. The highest BCUT2D eigenvalue weighted by molar-refractivity contribution is 5.60. The largest absolute Gasteiger partial charge is 0.370 e. The molecular weight excluding hydrogens is 402 g/mol. The summed E-state index contributed by atoms with van der Waals surface area (Å²) in [6.07, 6.45) is 5.09. The molecule has 1 atom stereocenters. The van der Waals surface area contributed by atoms with Gasteiger partial charge < -0.3 is 9.64 Å². The lowest BCUT2D eigenvalue weighted by molar-refractivity contribution is 0.0390. The van der Waals surface area contributed by atoms with E-state index >= 15 is 0 Å². The standard InChI is InChI=1S/C25H23N5O2/c1-29-24(31)16-22(19-9-12-26-13-10-19)28-25(29)30-14-15-32-23(17-30)20-7-5-18(6-8-20)21-4-2-3-11-27-21/h2-13,16,23H,14-15,17H2,1H3. The van der Waals surface area contributed by atoms with Gasteiger partial charge in [-0.25, -0.2) is 4.98 Å². The maximum absolute atomic E-state index is 12.6. The van der Waals surface area contributed by atoms with Crippen molar-refractivity contribution < 1.29 is 4.74 Å². The molecule has 0 spiro atoms. The van der Waals surface area contributed by atoms with E-state index in [2.05, 4.69) is 39.1 Å². The summed E-state index contributed by atoms with van der Waals surface area (Å²) in [6, 6.07) is 19.5. The average molecular weight is 425 g/mol. The quantitative estimate of drug-likeness (QED) is 0.498. The van der Waals surface area contributed by atoms with Crippen LogP contribution >= 0.6 is 0 Å². The van der Waals surface area contributed by atoms with Crippen LogP contribution in [0.2, 0.25) is 0 Å². The third kappa shape index (κ3) is 4.02. The molecule has 7 nitrogen and oxygen atoms in total. The zero-order valence-electron chi connectivity index (χ0n) is 17.8. The highest BCUT2D eigenvalue weighted by Gasteiger charge is 2.25. The van der Waals surface area contributed by atoms with Gasteiger partial charge in [0.05, 0.1) is 24.5 Å². The Labute approximate surface area is 186 Å². The molecule has 0 saturated carbocycles. The second-order valence-electron chi connectivity index (χ2n) is 7.72. The van der Waals surface area contributed by atoms with E-state index in [1.54, 1.807) is 36.3 Å². The summed E-state index contributed by atoms with van der Waals surface area (Å²) >= 11 is 0. The van der Waals surface area contributed by atoms with Crippen LogP contribution in [0.15, 0.2) is 84.0 Å². The van der Waals surface area contributed by atoms with Gasteiger partial charge in [0.1, 0.15) is 6.10 Å². The average Bonchev–Trinajstić information content (AvgIpc) is 2.87. The molecule has 0 radical (unpaired) electrons. The number of hydrogen-bond acceptors (Lipinski definition) is 6. The molecule has 0 bridgehead atoms. The van der Waals surface area contributed by atoms with Gasteiger partial charge in [0.15, 0.2) is 0 Å². The summed E-state index contributed by atoms with van der Waals surface area (Å²) in [5.74, 6) is 0.641. The van der Waals surface area contributed by atoms with E-state index in [1.807, 2.05) is 30.3 Å². The second kappa shape index (κ2) is 8.72. The first-order valence-electron chi connectivity index (χ1n) is 10.6. The minimum absolute atomic E-state index is 0.0930. The van der Waals surface area contributed by atoms with Gasteiger partial charge in [0, 0.05) is 49.4 Å². The van der Waals surface area contributed by atoms with E-state index in [0.29, 0.717) is 31.3 Å². The Morgan fingerprint density at radius 3 is 2.47 bits per heavy atom. The molecule has 1 aromatic carbocycles. The fraction of sp³-hybridized carbons (Fsp3) is 0.200. The number of aromatic nitrogens is 4. The number of nitrogens with zero attached hydrogens (tertiary/aromatic N) is 5. The molecular formula is C25H23N5O2. The first-order valence-corrected chi connectivity index (χ1v) is 10.6. The summed E-state index contributed by atoms with van der Waals surface area (Å²) in [7, 11) is 1.76. The highest BCUT2D eigenvalue weighted by atomic mass is 16.5. The van der Waals surface area contributed by atoms with Crippen molar-refractivity contribution in [3.8, 4) is 22.5 Å². The SMILES string of the molecule is Cn1c(N2CCOC(c3ccc(-c4ccccn4)cc3)C2)nc(-c2ccncc2)cc1=O. The van der Waals surface area contributed by atoms with E-state index < -0.39 is 0 Å². The summed E-state index contributed by atoms with van der Waals surface area (Å²) < 4.78 is 7.66. The zero-order valence-corrected chi connectivity index (χ0v) is 17.8. The van der Waals surface area contributed by atoms with E-state index in [1.165, 1.54) is 0 Å². The lowest BCUT2D eigenvalue weighted by atomic mass is 10.0. The third-order valence-corrected chi connectivity index (χ3v) is 5.68. The predicted molar refractivity (Wildman–Crippen MR) is 123 cm³/mol. The van der Waals surface area contributed by atoms with Gasteiger partial charge >= 0.3 is 0 Å². The van der Waals surface area contributed by atoms with Gasteiger partial charge in [-0.15, -0.1) is 0 Å². The second-order valence-corrected chi connectivity index (χ2v) is 7.72. The first-order chi connectivity index (χ1) is 15.7. The van der Waals surface area contributed by atoms with E-state index in [9.17, 15) is 4.79 Å². The maximum atomic E-state index is 12.6. The number of anilines is 1. The Balaban J connectivity index is 1.41. The minimum Gasteiger partial charge on any atom is -0.370 e. The van der Waals surface area contributed by atoms with Crippen LogP contribution in [0.25, 0.3) is 22.5 Å². The molecule has 160 valence electrons. The van der Waals surface area contributed by atoms with Crippen LogP contribution < -0.4 is 10.5 Å². The van der Waals surface area contributed by atoms with Crippen LogP contribution in [0.3, 0.4) is 0 Å². The number of pyridine rings is 2. The van der Waals surface area contributed by atoms with Crippen molar-refractivity contribution in [2.45, 2.75) is 6.10 Å². The molecule has 0 amide bonds. The predicted octanol–water partition coefficient (Wildman–Crippen LogP) is 3.48. The van der Waals surface area contributed by atoms with Crippen molar-refractivity contribution in [3.63, 3.8) is 0 Å². The van der Waals surface area contributed by atoms with Gasteiger partial charge in [-0.1, -0.05) is 30.3 Å². The first kappa shape index (κ1) is 20.1. The molecule has 4 aromatic rings. The summed E-state index contributed by atoms with van der Waals surface area (Å²) in [6.45, 7) is 1.84. The van der Waals surface area contributed by atoms with Gasteiger partial charge in [0.2, 0.25) is 5.95 Å². The number of benzene rings is 1. The molecule has 1 aliphatic rings. The van der Waals surface area contributed by atoms with Crippen LogP contribution in [0, 0.1) is 0 Å². The maximum Gasteiger partial charge on any atom is 0.255 e. The molecule has 5 rings (SSSR count). The lowest BCUT2D eigenvalue weighted by Crippen LogP contribution is -2.41. The molecule has 1 unspecified atom stereocenters. The van der Waals surface area contributed by atoms with Crippen LogP contribution in [0.5, 0.6) is 0 Å². The summed E-state index contributed by atoms with van der Waals surface area (Å²) in [5.41, 5.74) is 4.52. The number of morpholine rings is 1. The molecule has 1 saturated heterocycles. The van der Waals surface area contributed by atoms with Gasteiger partial charge in [-0.2, -0.15) is 0 Å². The molecule has 7 heteroatoms. The number of rotatable bonds is 4. The fourth-order valence-electron chi connectivity index (χ4n) is 3.92. The van der Waals surface area contributed by atoms with Gasteiger partial charge in [-0.3, -0.25) is 19.3 Å². The Hall–Kier alpha value is -3.84. The van der Waals surface area contributed by atoms with E-state index in [-0.39, 0.29) is 11.7 Å². The van der Waals surface area contributed by atoms with Crippen LogP contribution in [0.1, 0.15) is 11.7 Å². The van der Waals surface area contributed by atoms with E-state index in [4.69, 9.17) is 9.72 Å². The Morgan fingerprint density at radius 1 is 0.938 bits per heavy atom. The monoisotopic (exact) mass is 425 g/mol. The lowest BCUT2D eigenvalue weighted by Gasteiger charge is -2.34. The molecule has 1 aliphatic heterocycles. The van der Waals surface area contributed by atoms with Crippen molar-refractivity contribution in [2.24, 2.45) is 7.05 Å². The Bertz CT molecular complexity index is 1260. The van der Waals surface area contributed by atoms with Crippen LogP contribution in [0.4, 0.5) is 5.95 Å². The van der Waals surface area contributed by atoms with Crippen molar-refractivity contribution in [1.29, 1.82) is 0 Å². The Kier molecular flexibility index (Phi) is 5.47. The van der Waals surface area contributed by atoms with Crippen molar-refractivity contribution in [3.05, 3.63) is 95.2 Å². The molecule has 4 heterocycles. The van der Waals surface area contributed by atoms with Crippen LogP contribution in [-0.4, -0.2) is 39.2 Å². The van der Waals surface area contributed by atoms with E-state index in [0.717, 1.165) is 22.4 Å². The smallest absolute Gasteiger partial charge is 0.255 e. The topological polar surface area (TPSA) is 73.1 Å². The van der Waals surface area contributed by atoms with Gasteiger partial charge in [0.25, 0.3) is 5.56 Å².